The van der Waals surface area contributed by atoms with Crippen molar-refractivity contribution in [3.8, 4) is 11.5 Å². The molecule has 0 atom stereocenters. The molecule has 6 rings (SSSR count). The van der Waals surface area contributed by atoms with Crippen molar-refractivity contribution in [2.45, 2.75) is 0 Å². The molecule has 0 unspecified atom stereocenters. The van der Waals surface area contributed by atoms with Crippen molar-refractivity contribution in [3.05, 3.63) is 182 Å². The van der Waals surface area contributed by atoms with E-state index in [1.165, 1.54) is 21.2 Å². The fourth-order valence-corrected chi connectivity index (χ4v) is 8.62. The lowest BCUT2D eigenvalue weighted by molar-refractivity contribution is 0.475. The predicted octanol–water partition coefficient (Wildman–Crippen LogP) is 7.09. The highest BCUT2D eigenvalue weighted by Gasteiger charge is 2.47. The summed E-state index contributed by atoms with van der Waals surface area (Å²) < 4.78 is 0. The minimum atomic E-state index is -1.91. The second-order valence-corrected chi connectivity index (χ2v) is 12.1. The fourth-order valence-electron chi connectivity index (χ4n) is 4.36. The molecule has 3 heteroatoms. The molecule has 0 aliphatic heterocycles. The number of hydrogen-bond acceptors (Lipinski definition) is 2. The van der Waals surface area contributed by atoms with Crippen molar-refractivity contribution in [2.75, 3.05) is 0 Å². The number of rotatable bonds is 4. The van der Waals surface area contributed by atoms with Crippen LogP contribution in [0.15, 0.2) is 182 Å². The topological polar surface area (TPSA) is 40.5 Å². The summed E-state index contributed by atoms with van der Waals surface area (Å²) in [6.07, 6.45) is 0. The lowest BCUT2D eigenvalue weighted by Gasteiger charge is -2.27. The van der Waals surface area contributed by atoms with Gasteiger partial charge in [0.15, 0.2) is 0 Å². The van der Waals surface area contributed by atoms with Gasteiger partial charge in [0, 0.05) is 0 Å². The van der Waals surface area contributed by atoms with Crippen LogP contribution in [0.3, 0.4) is 0 Å². The molecule has 2 nitrogen and oxygen atoms in total. The Labute approximate surface area is 231 Å². The van der Waals surface area contributed by atoms with Crippen LogP contribution in [0.2, 0.25) is 0 Å². The summed E-state index contributed by atoms with van der Waals surface area (Å²) in [7, 11) is -1.91. The first-order valence-electron chi connectivity index (χ1n) is 12.8. The van der Waals surface area contributed by atoms with E-state index < -0.39 is 7.26 Å². The molecular formula is C36H32O2P+. The Balaban J connectivity index is 0.000000205. The van der Waals surface area contributed by atoms with E-state index in [0.717, 1.165) is 0 Å². The van der Waals surface area contributed by atoms with Crippen LogP contribution in [0.25, 0.3) is 0 Å². The minimum Gasteiger partial charge on any atom is -0.508 e. The zero-order chi connectivity index (χ0) is 27.2. The SMILES string of the molecule is Oc1ccccc1.Oc1ccccc1.c1ccc([P+](c2ccccc2)(c2ccccc2)c2ccccc2)cc1. The molecule has 0 spiro atoms. The Kier molecular flexibility index (Phi) is 10.1. The molecule has 6 aromatic rings. The predicted molar refractivity (Wildman–Crippen MR) is 167 cm³/mol. The smallest absolute Gasteiger partial charge is 0.144 e. The summed E-state index contributed by atoms with van der Waals surface area (Å²) in [4.78, 5) is 0. The summed E-state index contributed by atoms with van der Waals surface area (Å²) in [5.41, 5.74) is 0. The van der Waals surface area contributed by atoms with Gasteiger partial charge in [-0.2, -0.15) is 0 Å². The number of phenols is 2. The van der Waals surface area contributed by atoms with E-state index in [-0.39, 0.29) is 0 Å². The molecule has 0 aliphatic carbocycles. The van der Waals surface area contributed by atoms with Gasteiger partial charge in [0.1, 0.15) is 40.0 Å². The molecule has 0 heterocycles. The summed E-state index contributed by atoms with van der Waals surface area (Å²) in [6, 6.07) is 61.3. The maximum atomic E-state index is 8.63. The van der Waals surface area contributed by atoms with E-state index >= 15 is 0 Å². The molecule has 0 saturated carbocycles. The molecule has 0 radical (unpaired) electrons. The molecule has 0 amide bonds. The summed E-state index contributed by atoms with van der Waals surface area (Å²) >= 11 is 0. The van der Waals surface area contributed by atoms with Crippen LogP contribution < -0.4 is 21.2 Å². The Morgan fingerprint density at radius 3 is 0.590 bits per heavy atom. The van der Waals surface area contributed by atoms with Gasteiger partial charge in [0.2, 0.25) is 0 Å². The highest BCUT2D eigenvalue weighted by molar-refractivity contribution is 8.01. The van der Waals surface area contributed by atoms with Crippen LogP contribution in [-0.2, 0) is 0 Å². The third kappa shape index (κ3) is 7.23. The van der Waals surface area contributed by atoms with Crippen LogP contribution in [0.5, 0.6) is 11.5 Å². The third-order valence-corrected chi connectivity index (χ3v) is 10.4. The van der Waals surface area contributed by atoms with Crippen molar-refractivity contribution in [1.29, 1.82) is 0 Å². The van der Waals surface area contributed by atoms with Gasteiger partial charge >= 0.3 is 0 Å². The van der Waals surface area contributed by atoms with Gasteiger partial charge in [0.25, 0.3) is 0 Å². The van der Waals surface area contributed by atoms with Crippen LogP contribution >= 0.6 is 7.26 Å². The normalized spacial score (nSPS) is 10.3. The number of aromatic hydroxyl groups is 2. The molecule has 192 valence electrons. The van der Waals surface area contributed by atoms with Crippen molar-refractivity contribution < 1.29 is 10.2 Å². The molecule has 0 fully saturated rings. The van der Waals surface area contributed by atoms with E-state index in [1.54, 1.807) is 48.5 Å². The van der Waals surface area contributed by atoms with Gasteiger partial charge in [0.05, 0.1) is 0 Å². The van der Waals surface area contributed by atoms with Gasteiger partial charge in [-0.3, -0.25) is 0 Å². The molecule has 0 saturated heterocycles. The lowest BCUT2D eigenvalue weighted by atomic mass is 10.3. The van der Waals surface area contributed by atoms with Gasteiger partial charge in [-0.1, -0.05) is 109 Å². The second-order valence-electron chi connectivity index (χ2n) is 8.68. The third-order valence-electron chi connectivity index (χ3n) is 6.09. The fraction of sp³-hybridized carbons (Fsp3) is 0. The first kappa shape index (κ1) is 27.4. The van der Waals surface area contributed by atoms with Gasteiger partial charge < -0.3 is 10.2 Å². The van der Waals surface area contributed by atoms with Crippen molar-refractivity contribution >= 4 is 28.5 Å². The van der Waals surface area contributed by atoms with Crippen LogP contribution in [0.1, 0.15) is 0 Å². The highest BCUT2D eigenvalue weighted by atomic mass is 31.2. The number of para-hydroxylation sites is 2. The van der Waals surface area contributed by atoms with Gasteiger partial charge in [-0.05, 0) is 72.8 Å². The largest absolute Gasteiger partial charge is 0.508 e. The maximum absolute atomic E-state index is 8.63. The monoisotopic (exact) mass is 527 g/mol. The Morgan fingerprint density at radius 2 is 0.436 bits per heavy atom. The van der Waals surface area contributed by atoms with E-state index in [2.05, 4.69) is 121 Å². The first-order chi connectivity index (χ1) is 19.2. The maximum Gasteiger partial charge on any atom is 0.144 e. The summed E-state index contributed by atoms with van der Waals surface area (Å²) in [6.45, 7) is 0. The van der Waals surface area contributed by atoms with E-state index in [0.29, 0.717) is 11.5 Å². The highest BCUT2D eigenvalue weighted by Crippen LogP contribution is 2.53. The molecule has 2 N–H and O–H groups in total. The van der Waals surface area contributed by atoms with E-state index in [4.69, 9.17) is 10.2 Å². The quantitative estimate of drug-likeness (QED) is 0.240. The summed E-state index contributed by atoms with van der Waals surface area (Å²) in [5.74, 6) is 0.644. The van der Waals surface area contributed by atoms with Gasteiger partial charge in [-0.15, -0.1) is 0 Å². The van der Waals surface area contributed by atoms with Gasteiger partial charge in [-0.25, -0.2) is 0 Å². The van der Waals surface area contributed by atoms with Crippen LogP contribution in [0.4, 0.5) is 0 Å². The van der Waals surface area contributed by atoms with Crippen molar-refractivity contribution in [2.24, 2.45) is 0 Å². The second kappa shape index (κ2) is 14.3. The van der Waals surface area contributed by atoms with Crippen molar-refractivity contribution in [3.63, 3.8) is 0 Å². The standard InChI is InChI=1S/C24H20P.2C6H6O/c1-5-13-21(14-6-1)25(22-15-7-2-8-16-22,23-17-9-3-10-18-23)24-19-11-4-12-20-24;2*7-6-4-2-1-3-5-6/h1-20H;2*1-5,7H/q+1;;. The van der Waals surface area contributed by atoms with Crippen LogP contribution in [0, 0.1) is 0 Å². The van der Waals surface area contributed by atoms with E-state index in [9.17, 15) is 0 Å². The molecule has 0 aromatic heterocycles. The minimum absolute atomic E-state index is 0.322. The zero-order valence-electron chi connectivity index (χ0n) is 21.7. The molecule has 6 aromatic carbocycles. The average molecular weight is 528 g/mol. The number of hydrogen-bond donors (Lipinski definition) is 2. The summed E-state index contributed by atoms with van der Waals surface area (Å²) in [5, 5.41) is 22.8. The lowest BCUT2D eigenvalue weighted by Crippen LogP contribution is -2.38. The molecule has 39 heavy (non-hydrogen) atoms. The zero-order valence-corrected chi connectivity index (χ0v) is 22.6. The first-order valence-corrected chi connectivity index (χ1v) is 14.6. The molecular weight excluding hydrogens is 495 g/mol. The Bertz CT molecular complexity index is 1280. The van der Waals surface area contributed by atoms with Crippen molar-refractivity contribution in [1.82, 2.24) is 0 Å². The average Bonchev–Trinajstić information content (AvgIpc) is 3.01. The Morgan fingerprint density at radius 1 is 0.256 bits per heavy atom. The Hall–Kier alpha value is -4.65. The van der Waals surface area contributed by atoms with E-state index in [1.807, 2.05) is 12.1 Å². The number of benzene rings is 6. The molecule has 0 aliphatic rings. The number of phenolic OH excluding ortho intramolecular Hbond substituents is 2. The van der Waals surface area contributed by atoms with Crippen LogP contribution in [-0.4, -0.2) is 10.2 Å². The molecule has 0 bridgehead atoms.